The maximum atomic E-state index is 2.71. The van der Waals surface area contributed by atoms with Crippen LogP contribution >= 0.6 is 0 Å². The average Bonchev–Trinajstić information content (AvgIpc) is 2.56. The molecule has 2 heterocycles. The van der Waals surface area contributed by atoms with Crippen LogP contribution in [-0.4, -0.2) is 47.6 Å². The van der Waals surface area contributed by atoms with Gasteiger partial charge in [-0.15, -0.1) is 0 Å². The van der Waals surface area contributed by atoms with E-state index in [2.05, 4.69) is 44.4 Å². The highest BCUT2D eigenvalue weighted by atomic mass is 15.2. The molecule has 2 aliphatic heterocycles. The molecule has 2 aliphatic rings. The van der Waals surface area contributed by atoms with Crippen molar-refractivity contribution < 1.29 is 0 Å². The predicted molar refractivity (Wildman–Crippen MR) is 74.3 cm³/mol. The van der Waals surface area contributed by atoms with Crippen molar-refractivity contribution in [3.05, 3.63) is 0 Å². The van der Waals surface area contributed by atoms with E-state index in [4.69, 9.17) is 0 Å². The lowest BCUT2D eigenvalue weighted by molar-refractivity contribution is 0.0836. The normalized spacial score (nSPS) is 30.9. The van der Waals surface area contributed by atoms with Gasteiger partial charge >= 0.3 is 0 Å². The van der Waals surface area contributed by atoms with E-state index in [1.54, 1.807) is 0 Å². The number of likely N-dealkylation sites (tertiary alicyclic amines) is 2. The molecular weight excluding hydrogens is 208 g/mol. The molecular formula is C15H30N2. The van der Waals surface area contributed by atoms with Crippen molar-refractivity contribution in [1.29, 1.82) is 0 Å². The minimum absolute atomic E-state index is 0.648. The van der Waals surface area contributed by atoms with Crippen molar-refractivity contribution in [3.8, 4) is 0 Å². The zero-order valence-corrected chi connectivity index (χ0v) is 12.4. The minimum atomic E-state index is 0.648. The van der Waals surface area contributed by atoms with Gasteiger partial charge in [-0.1, -0.05) is 0 Å². The molecule has 2 rings (SSSR count). The fourth-order valence-electron chi connectivity index (χ4n) is 3.92. The van der Waals surface area contributed by atoms with Crippen LogP contribution in [-0.2, 0) is 0 Å². The quantitative estimate of drug-likeness (QED) is 0.730. The van der Waals surface area contributed by atoms with Crippen LogP contribution in [0.1, 0.15) is 53.9 Å². The molecule has 2 fully saturated rings. The van der Waals surface area contributed by atoms with Crippen LogP contribution < -0.4 is 0 Å². The Morgan fingerprint density at radius 2 is 1.59 bits per heavy atom. The van der Waals surface area contributed by atoms with Gasteiger partial charge in [0, 0.05) is 24.7 Å². The summed E-state index contributed by atoms with van der Waals surface area (Å²) in [6, 6.07) is 2.24. The van der Waals surface area contributed by atoms with E-state index < -0.39 is 0 Å². The first-order valence-corrected chi connectivity index (χ1v) is 7.43. The van der Waals surface area contributed by atoms with E-state index in [0.717, 1.165) is 12.1 Å². The standard InChI is InChI=1S/C15H30N2/c1-12(2)16-8-6-15(7-9-16)10-14(5)17(11-15)13(3)4/h12-14H,6-11H2,1-5H3/t14-/m0/s1. The number of hydrogen-bond donors (Lipinski definition) is 0. The average molecular weight is 238 g/mol. The maximum absolute atomic E-state index is 2.71. The fraction of sp³-hybridized carbons (Fsp3) is 1.00. The summed E-state index contributed by atoms with van der Waals surface area (Å²) in [5.41, 5.74) is 0.648. The molecule has 1 atom stereocenters. The molecule has 17 heavy (non-hydrogen) atoms. The van der Waals surface area contributed by atoms with E-state index in [-0.39, 0.29) is 0 Å². The fourth-order valence-corrected chi connectivity index (χ4v) is 3.92. The van der Waals surface area contributed by atoms with Crippen molar-refractivity contribution in [3.63, 3.8) is 0 Å². The van der Waals surface area contributed by atoms with Crippen LogP contribution in [0.4, 0.5) is 0 Å². The van der Waals surface area contributed by atoms with Gasteiger partial charge in [0.05, 0.1) is 0 Å². The summed E-state index contributed by atoms with van der Waals surface area (Å²) >= 11 is 0. The first kappa shape index (κ1) is 13.4. The number of piperidine rings is 1. The molecule has 2 saturated heterocycles. The molecule has 100 valence electrons. The molecule has 0 radical (unpaired) electrons. The van der Waals surface area contributed by atoms with Gasteiger partial charge < -0.3 is 4.90 Å². The van der Waals surface area contributed by atoms with E-state index in [1.807, 2.05) is 0 Å². The molecule has 0 aliphatic carbocycles. The Morgan fingerprint density at radius 3 is 2.00 bits per heavy atom. The van der Waals surface area contributed by atoms with Gasteiger partial charge in [-0.05, 0) is 72.4 Å². The van der Waals surface area contributed by atoms with Crippen LogP contribution in [0.2, 0.25) is 0 Å². The monoisotopic (exact) mass is 238 g/mol. The SMILES string of the molecule is CC(C)N1CCC2(CC1)C[C@H](C)N(C(C)C)C2. The molecule has 0 N–H and O–H groups in total. The number of nitrogens with zero attached hydrogens (tertiary/aromatic N) is 2. The highest BCUT2D eigenvalue weighted by molar-refractivity contribution is 4.98. The third-order valence-corrected chi connectivity index (χ3v) is 5.06. The Labute approximate surface area is 107 Å². The van der Waals surface area contributed by atoms with Crippen LogP contribution in [0.5, 0.6) is 0 Å². The molecule has 0 saturated carbocycles. The van der Waals surface area contributed by atoms with Crippen LogP contribution in [0.15, 0.2) is 0 Å². The summed E-state index contributed by atoms with van der Waals surface area (Å²) in [6.07, 6.45) is 4.26. The second kappa shape index (κ2) is 4.89. The van der Waals surface area contributed by atoms with Crippen molar-refractivity contribution in [2.45, 2.75) is 72.0 Å². The Balaban J connectivity index is 1.96. The topological polar surface area (TPSA) is 6.48 Å². The van der Waals surface area contributed by atoms with Crippen LogP contribution in [0.3, 0.4) is 0 Å². The first-order valence-electron chi connectivity index (χ1n) is 7.43. The highest BCUT2D eigenvalue weighted by Gasteiger charge is 2.44. The Morgan fingerprint density at radius 1 is 1.00 bits per heavy atom. The molecule has 0 aromatic heterocycles. The molecule has 0 bridgehead atoms. The molecule has 0 amide bonds. The second-order valence-electron chi connectivity index (χ2n) is 6.95. The molecule has 1 spiro atoms. The van der Waals surface area contributed by atoms with Crippen molar-refractivity contribution in [2.75, 3.05) is 19.6 Å². The van der Waals surface area contributed by atoms with Gasteiger partial charge in [-0.25, -0.2) is 0 Å². The predicted octanol–water partition coefficient (Wildman–Crippen LogP) is 2.98. The van der Waals surface area contributed by atoms with Crippen molar-refractivity contribution in [1.82, 2.24) is 9.80 Å². The van der Waals surface area contributed by atoms with Crippen LogP contribution in [0, 0.1) is 5.41 Å². The summed E-state index contributed by atoms with van der Waals surface area (Å²) in [5, 5.41) is 0. The van der Waals surface area contributed by atoms with Gasteiger partial charge in [0.1, 0.15) is 0 Å². The van der Waals surface area contributed by atoms with Gasteiger partial charge in [-0.2, -0.15) is 0 Å². The highest BCUT2D eigenvalue weighted by Crippen LogP contribution is 2.44. The Hall–Kier alpha value is -0.0800. The van der Waals surface area contributed by atoms with Gasteiger partial charge in [0.15, 0.2) is 0 Å². The third-order valence-electron chi connectivity index (χ3n) is 5.06. The summed E-state index contributed by atoms with van der Waals surface area (Å²) in [5.74, 6) is 0. The number of hydrogen-bond acceptors (Lipinski definition) is 2. The zero-order valence-electron chi connectivity index (χ0n) is 12.4. The lowest BCUT2D eigenvalue weighted by atomic mass is 9.76. The summed E-state index contributed by atoms with van der Waals surface area (Å²) in [4.78, 5) is 5.36. The van der Waals surface area contributed by atoms with E-state index in [1.165, 1.54) is 38.9 Å². The zero-order chi connectivity index (χ0) is 12.6. The largest absolute Gasteiger partial charge is 0.301 e. The smallest absolute Gasteiger partial charge is 0.00756 e. The molecule has 0 aromatic rings. The first-order chi connectivity index (χ1) is 7.93. The molecule has 0 aromatic carbocycles. The van der Waals surface area contributed by atoms with Gasteiger partial charge in [0.25, 0.3) is 0 Å². The lowest BCUT2D eigenvalue weighted by Gasteiger charge is -2.41. The Kier molecular flexibility index (Phi) is 3.84. The van der Waals surface area contributed by atoms with E-state index in [9.17, 15) is 0 Å². The summed E-state index contributed by atoms with van der Waals surface area (Å²) in [7, 11) is 0. The van der Waals surface area contributed by atoms with Gasteiger partial charge in [-0.3, -0.25) is 4.90 Å². The number of rotatable bonds is 2. The summed E-state index contributed by atoms with van der Waals surface area (Å²) < 4.78 is 0. The van der Waals surface area contributed by atoms with E-state index >= 15 is 0 Å². The maximum Gasteiger partial charge on any atom is 0.00756 e. The van der Waals surface area contributed by atoms with Crippen molar-refractivity contribution in [2.24, 2.45) is 5.41 Å². The van der Waals surface area contributed by atoms with Crippen molar-refractivity contribution >= 4 is 0 Å². The van der Waals surface area contributed by atoms with Gasteiger partial charge in [0.2, 0.25) is 0 Å². The van der Waals surface area contributed by atoms with Crippen LogP contribution in [0.25, 0.3) is 0 Å². The molecule has 2 heteroatoms. The minimum Gasteiger partial charge on any atom is -0.301 e. The third kappa shape index (κ3) is 2.68. The Bertz CT molecular complexity index is 252. The molecule has 0 unspecified atom stereocenters. The summed E-state index contributed by atoms with van der Waals surface area (Å²) in [6.45, 7) is 15.7. The van der Waals surface area contributed by atoms with E-state index in [0.29, 0.717) is 11.5 Å². The molecule has 2 nitrogen and oxygen atoms in total. The second-order valence-corrected chi connectivity index (χ2v) is 6.95. The lowest BCUT2D eigenvalue weighted by Crippen LogP contribution is -2.44.